The second kappa shape index (κ2) is 9.15. The summed E-state index contributed by atoms with van der Waals surface area (Å²) in [5.74, 6) is 1.13. The Hall–Kier alpha value is -3.52. The summed E-state index contributed by atoms with van der Waals surface area (Å²) in [6.07, 6.45) is 5.60. The van der Waals surface area contributed by atoms with Crippen LogP contribution >= 0.6 is 0 Å². The molecule has 2 aromatic carbocycles. The Bertz CT molecular complexity index is 1310. The van der Waals surface area contributed by atoms with Crippen LogP contribution in [0.25, 0.3) is 21.9 Å². The normalized spacial score (nSPS) is 14.6. The molecule has 2 aromatic heterocycles. The van der Waals surface area contributed by atoms with Gasteiger partial charge in [0.25, 0.3) is 5.91 Å². The number of H-pyrrole nitrogens is 1. The van der Waals surface area contributed by atoms with Crippen LogP contribution in [0.4, 0.5) is 11.6 Å². The van der Waals surface area contributed by atoms with E-state index in [4.69, 9.17) is 0 Å². The van der Waals surface area contributed by atoms with Crippen molar-refractivity contribution in [2.75, 3.05) is 31.5 Å². The summed E-state index contributed by atoms with van der Waals surface area (Å²) in [4.78, 5) is 32.4. The fourth-order valence-electron chi connectivity index (χ4n) is 4.49. The Kier molecular flexibility index (Phi) is 5.92. The van der Waals surface area contributed by atoms with Gasteiger partial charge in [-0.1, -0.05) is 24.6 Å². The molecule has 1 fully saturated rings. The SMILES string of the molecule is Cc1nc2c(C(=O)NCCN3CCCCC3)cc(Nc3ncc4cccc(C)c4n3)cc2[nH]1. The molecule has 33 heavy (non-hydrogen) atoms. The number of amides is 1. The first-order valence-electron chi connectivity index (χ1n) is 11.6. The standard InChI is InChI=1S/C25H29N7O/c1-16-7-6-8-18-15-27-25(31-22(16)18)30-19-13-20(23-21(14-19)28-17(2)29-23)24(33)26-9-12-32-10-4-3-5-11-32/h6-8,13-15H,3-5,9-12H2,1-2H3,(H,26,33)(H,28,29)(H,27,30,31). The van der Waals surface area contributed by atoms with E-state index >= 15 is 0 Å². The van der Waals surface area contributed by atoms with Gasteiger partial charge < -0.3 is 20.5 Å². The number of fused-ring (bicyclic) bond motifs is 2. The molecule has 1 aliphatic rings. The van der Waals surface area contributed by atoms with Gasteiger partial charge in [0.1, 0.15) is 11.3 Å². The second-order valence-corrected chi connectivity index (χ2v) is 8.73. The largest absolute Gasteiger partial charge is 0.351 e. The minimum Gasteiger partial charge on any atom is -0.351 e. The molecule has 3 N–H and O–H groups in total. The predicted octanol–water partition coefficient (Wildman–Crippen LogP) is 4.08. The molecule has 8 nitrogen and oxygen atoms in total. The Balaban J connectivity index is 1.38. The Morgan fingerprint density at radius 2 is 1.94 bits per heavy atom. The van der Waals surface area contributed by atoms with Crippen molar-refractivity contribution in [1.29, 1.82) is 0 Å². The maximum Gasteiger partial charge on any atom is 0.253 e. The third-order valence-electron chi connectivity index (χ3n) is 6.18. The van der Waals surface area contributed by atoms with Crippen LogP contribution in [0.1, 0.15) is 41.0 Å². The van der Waals surface area contributed by atoms with Crippen molar-refractivity contribution < 1.29 is 4.79 Å². The molecule has 4 aromatic rings. The second-order valence-electron chi connectivity index (χ2n) is 8.73. The van der Waals surface area contributed by atoms with E-state index in [1.807, 2.05) is 50.4 Å². The molecular formula is C25H29N7O. The number of piperidine rings is 1. The van der Waals surface area contributed by atoms with Crippen molar-refractivity contribution >= 4 is 39.5 Å². The Labute approximate surface area is 192 Å². The monoisotopic (exact) mass is 443 g/mol. The minimum absolute atomic E-state index is 0.123. The summed E-state index contributed by atoms with van der Waals surface area (Å²) in [6.45, 7) is 7.64. The summed E-state index contributed by atoms with van der Waals surface area (Å²) in [5, 5.41) is 7.34. The molecular weight excluding hydrogens is 414 g/mol. The van der Waals surface area contributed by atoms with Crippen molar-refractivity contribution in [3.63, 3.8) is 0 Å². The van der Waals surface area contributed by atoms with Gasteiger partial charge in [-0.25, -0.2) is 15.0 Å². The summed E-state index contributed by atoms with van der Waals surface area (Å²) >= 11 is 0. The lowest BCUT2D eigenvalue weighted by Gasteiger charge is -2.26. The van der Waals surface area contributed by atoms with Gasteiger partial charge in [-0.2, -0.15) is 0 Å². The number of aromatic amines is 1. The van der Waals surface area contributed by atoms with E-state index in [1.165, 1.54) is 19.3 Å². The Morgan fingerprint density at radius 3 is 2.79 bits per heavy atom. The molecule has 0 radical (unpaired) electrons. The van der Waals surface area contributed by atoms with Crippen molar-refractivity contribution in [1.82, 2.24) is 30.2 Å². The molecule has 0 bridgehead atoms. The lowest BCUT2D eigenvalue weighted by Crippen LogP contribution is -2.37. The molecule has 1 saturated heterocycles. The average Bonchev–Trinajstić information content (AvgIpc) is 3.19. The molecule has 8 heteroatoms. The molecule has 0 unspecified atom stereocenters. The first kappa shape index (κ1) is 21.3. The number of hydrogen-bond donors (Lipinski definition) is 3. The molecule has 3 heterocycles. The van der Waals surface area contributed by atoms with E-state index in [9.17, 15) is 4.79 Å². The lowest BCUT2D eigenvalue weighted by molar-refractivity contribution is 0.0948. The number of aryl methyl sites for hydroxylation is 2. The first-order valence-corrected chi connectivity index (χ1v) is 11.6. The topological polar surface area (TPSA) is 98.8 Å². The van der Waals surface area contributed by atoms with E-state index in [0.717, 1.165) is 53.1 Å². The first-order chi connectivity index (χ1) is 16.1. The van der Waals surface area contributed by atoms with Crippen LogP contribution in [0, 0.1) is 13.8 Å². The third-order valence-corrected chi connectivity index (χ3v) is 6.18. The number of nitrogens with zero attached hydrogens (tertiary/aromatic N) is 4. The number of aromatic nitrogens is 4. The molecule has 1 amide bonds. The van der Waals surface area contributed by atoms with Crippen LogP contribution in [0.5, 0.6) is 0 Å². The molecule has 0 atom stereocenters. The fraction of sp³-hybridized carbons (Fsp3) is 0.360. The van der Waals surface area contributed by atoms with Gasteiger partial charge >= 0.3 is 0 Å². The van der Waals surface area contributed by atoms with Crippen molar-refractivity contribution in [2.45, 2.75) is 33.1 Å². The van der Waals surface area contributed by atoms with Crippen LogP contribution < -0.4 is 10.6 Å². The van der Waals surface area contributed by atoms with Crippen LogP contribution in [0.15, 0.2) is 36.5 Å². The van der Waals surface area contributed by atoms with E-state index < -0.39 is 0 Å². The molecule has 0 spiro atoms. The van der Waals surface area contributed by atoms with E-state index in [-0.39, 0.29) is 5.91 Å². The number of carbonyl (C=O) groups excluding carboxylic acids is 1. The smallest absolute Gasteiger partial charge is 0.253 e. The number of likely N-dealkylation sites (tertiary alicyclic amines) is 1. The molecule has 5 rings (SSSR count). The lowest BCUT2D eigenvalue weighted by atomic mass is 10.1. The highest BCUT2D eigenvalue weighted by Crippen LogP contribution is 2.25. The highest BCUT2D eigenvalue weighted by Gasteiger charge is 2.17. The van der Waals surface area contributed by atoms with E-state index in [2.05, 4.69) is 35.5 Å². The Morgan fingerprint density at radius 1 is 1.09 bits per heavy atom. The maximum atomic E-state index is 13.1. The van der Waals surface area contributed by atoms with Gasteiger partial charge in [0.05, 0.1) is 16.6 Å². The van der Waals surface area contributed by atoms with Crippen LogP contribution in [0.3, 0.4) is 0 Å². The summed E-state index contributed by atoms with van der Waals surface area (Å²) in [7, 11) is 0. The minimum atomic E-state index is -0.123. The number of nitrogens with one attached hydrogen (secondary N) is 3. The van der Waals surface area contributed by atoms with Gasteiger partial charge in [-0.3, -0.25) is 4.79 Å². The average molecular weight is 444 g/mol. The fourth-order valence-corrected chi connectivity index (χ4v) is 4.49. The van der Waals surface area contributed by atoms with Crippen LogP contribution in [-0.2, 0) is 0 Å². The molecule has 0 aliphatic carbocycles. The number of anilines is 2. The van der Waals surface area contributed by atoms with Crippen LogP contribution in [0.2, 0.25) is 0 Å². The van der Waals surface area contributed by atoms with E-state index in [1.54, 1.807) is 0 Å². The summed E-state index contributed by atoms with van der Waals surface area (Å²) < 4.78 is 0. The van der Waals surface area contributed by atoms with Gasteiger partial charge in [0.15, 0.2) is 0 Å². The van der Waals surface area contributed by atoms with Gasteiger partial charge in [-0.05, 0) is 57.5 Å². The van der Waals surface area contributed by atoms with Gasteiger partial charge in [0.2, 0.25) is 5.95 Å². The number of imidazole rings is 1. The highest BCUT2D eigenvalue weighted by molar-refractivity contribution is 6.06. The van der Waals surface area contributed by atoms with Gasteiger partial charge in [-0.15, -0.1) is 0 Å². The van der Waals surface area contributed by atoms with Crippen molar-refractivity contribution in [2.24, 2.45) is 0 Å². The zero-order valence-corrected chi connectivity index (χ0v) is 19.1. The molecule has 1 aliphatic heterocycles. The number of rotatable bonds is 6. The van der Waals surface area contributed by atoms with Crippen molar-refractivity contribution in [3.05, 3.63) is 53.5 Å². The number of para-hydroxylation sites is 1. The predicted molar refractivity (Wildman–Crippen MR) is 131 cm³/mol. The third kappa shape index (κ3) is 4.66. The van der Waals surface area contributed by atoms with Crippen LogP contribution in [-0.4, -0.2) is 56.9 Å². The highest BCUT2D eigenvalue weighted by atomic mass is 16.1. The molecule has 170 valence electrons. The molecule has 0 saturated carbocycles. The van der Waals surface area contributed by atoms with Crippen molar-refractivity contribution in [3.8, 4) is 0 Å². The maximum absolute atomic E-state index is 13.1. The number of carbonyl (C=O) groups is 1. The number of benzene rings is 2. The summed E-state index contributed by atoms with van der Waals surface area (Å²) in [5.41, 5.74) is 4.74. The van der Waals surface area contributed by atoms with E-state index in [0.29, 0.717) is 23.6 Å². The van der Waals surface area contributed by atoms with Gasteiger partial charge in [0, 0.05) is 30.4 Å². The quantitative estimate of drug-likeness (QED) is 0.415. The number of hydrogen-bond acceptors (Lipinski definition) is 6. The summed E-state index contributed by atoms with van der Waals surface area (Å²) in [6, 6.07) is 9.79. The zero-order chi connectivity index (χ0) is 22.8. The zero-order valence-electron chi connectivity index (χ0n) is 19.1.